The van der Waals surface area contributed by atoms with E-state index in [-0.39, 0.29) is 4.90 Å². The van der Waals surface area contributed by atoms with Crippen molar-refractivity contribution in [1.82, 2.24) is 0 Å². The SMILES string of the molecule is CCCCCc1cc(S(=O)(=O)O)c2cc(CCCCC)ccc2c1. The number of rotatable bonds is 9. The Hall–Kier alpha value is -1.39. The Morgan fingerprint density at radius 1 is 0.833 bits per heavy atom. The van der Waals surface area contributed by atoms with Gasteiger partial charge in [0.1, 0.15) is 4.90 Å². The van der Waals surface area contributed by atoms with Crippen LogP contribution in [0, 0.1) is 0 Å². The van der Waals surface area contributed by atoms with Crippen LogP contribution in [0.4, 0.5) is 0 Å². The third-order valence-corrected chi connectivity index (χ3v) is 5.35. The van der Waals surface area contributed by atoms with Crippen molar-refractivity contribution < 1.29 is 13.0 Å². The summed E-state index contributed by atoms with van der Waals surface area (Å²) < 4.78 is 33.4. The average molecular weight is 349 g/mol. The van der Waals surface area contributed by atoms with Gasteiger partial charge in [-0.05, 0) is 54.3 Å². The summed E-state index contributed by atoms with van der Waals surface area (Å²) in [5, 5.41) is 1.52. The number of aryl methyl sites for hydroxylation is 2. The Labute approximate surface area is 145 Å². The minimum Gasteiger partial charge on any atom is -0.282 e. The molecule has 0 aliphatic rings. The summed E-state index contributed by atoms with van der Waals surface area (Å²) in [4.78, 5) is 0.0452. The summed E-state index contributed by atoms with van der Waals surface area (Å²) in [6.07, 6.45) is 8.47. The van der Waals surface area contributed by atoms with E-state index < -0.39 is 10.1 Å². The van der Waals surface area contributed by atoms with Crippen LogP contribution in [-0.4, -0.2) is 13.0 Å². The molecule has 0 atom stereocenters. The first-order valence-corrected chi connectivity index (χ1v) is 10.4. The highest BCUT2D eigenvalue weighted by Gasteiger charge is 2.16. The minimum absolute atomic E-state index is 0.0452. The monoisotopic (exact) mass is 348 g/mol. The van der Waals surface area contributed by atoms with Crippen molar-refractivity contribution >= 4 is 20.9 Å². The molecule has 2 aromatic rings. The number of benzene rings is 2. The molecule has 0 radical (unpaired) electrons. The average Bonchev–Trinajstić information content (AvgIpc) is 2.54. The standard InChI is InChI=1S/C20H28O3S/c1-3-5-7-9-16-11-12-18-13-17(10-8-6-4-2)15-20(19(18)14-16)24(21,22)23/h11-15H,3-10H2,1-2H3,(H,21,22,23). The van der Waals surface area contributed by atoms with Crippen LogP contribution >= 0.6 is 0 Å². The molecule has 3 nitrogen and oxygen atoms in total. The van der Waals surface area contributed by atoms with Crippen LogP contribution in [0.1, 0.15) is 63.5 Å². The summed E-state index contributed by atoms with van der Waals surface area (Å²) in [5.74, 6) is 0. The highest BCUT2D eigenvalue weighted by Crippen LogP contribution is 2.27. The lowest BCUT2D eigenvalue weighted by Gasteiger charge is -2.10. The zero-order chi connectivity index (χ0) is 17.6. The molecule has 1 N–H and O–H groups in total. The Morgan fingerprint density at radius 2 is 1.46 bits per heavy atom. The topological polar surface area (TPSA) is 54.4 Å². The molecule has 0 saturated heterocycles. The number of hydrogen-bond donors (Lipinski definition) is 1. The van der Waals surface area contributed by atoms with Crippen LogP contribution in [0.15, 0.2) is 35.2 Å². The van der Waals surface area contributed by atoms with Crippen LogP contribution in [0.25, 0.3) is 10.8 Å². The summed E-state index contributed by atoms with van der Waals surface area (Å²) in [7, 11) is -4.22. The van der Waals surface area contributed by atoms with Gasteiger partial charge >= 0.3 is 0 Å². The minimum atomic E-state index is -4.22. The molecule has 0 aromatic heterocycles. The second kappa shape index (κ2) is 8.63. The number of fused-ring (bicyclic) bond motifs is 1. The molecule has 4 heteroatoms. The fourth-order valence-electron chi connectivity index (χ4n) is 3.10. The predicted octanol–water partition coefficient (Wildman–Crippen LogP) is 5.55. The fourth-order valence-corrected chi connectivity index (χ4v) is 3.86. The molecular weight excluding hydrogens is 320 g/mol. The molecule has 24 heavy (non-hydrogen) atoms. The van der Waals surface area contributed by atoms with Gasteiger partial charge in [0.25, 0.3) is 10.1 Å². The molecule has 0 heterocycles. The van der Waals surface area contributed by atoms with Crippen LogP contribution in [0.2, 0.25) is 0 Å². The van der Waals surface area contributed by atoms with Gasteiger partial charge < -0.3 is 0 Å². The first-order chi connectivity index (χ1) is 11.5. The summed E-state index contributed by atoms with van der Waals surface area (Å²) in [6, 6.07) is 9.67. The number of hydrogen-bond acceptors (Lipinski definition) is 2. The zero-order valence-corrected chi connectivity index (χ0v) is 15.5. The van der Waals surface area contributed by atoms with E-state index in [0.717, 1.165) is 61.5 Å². The molecule has 0 fully saturated rings. The second-order valence-electron chi connectivity index (χ2n) is 6.54. The van der Waals surface area contributed by atoms with E-state index in [2.05, 4.69) is 26.0 Å². The zero-order valence-electron chi connectivity index (χ0n) is 14.7. The lowest BCUT2D eigenvalue weighted by atomic mass is 9.99. The van der Waals surface area contributed by atoms with Crippen molar-refractivity contribution in [2.75, 3.05) is 0 Å². The van der Waals surface area contributed by atoms with Crippen LogP contribution in [0.5, 0.6) is 0 Å². The molecule has 0 bridgehead atoms. The van der Waals surface area contributed by atoms with Crippen LogP contribution in [-0.2, 0) is 23.0 Å². The van der Waals surface area contributed by atoms with Gasteiger partial charge in [-0.2, -0.15) is 8.42 Å². The van der Waals surface area contributed by atoms with Gasteiger partial charge in [0.2, 0.25) is 0 Å². The Bertz CT molecular complexity index is 779. The van der Waals surface area contributed by atoms with Gasteiger partial charge in [-0.25, -0.2) is 0 Å². The first kappa shape index (κ1) is 18.9. The van der Waals surface area contributed by atoms with Gasteiger partial charge in [0.05, 0.1) is 0 Å². The van der Waals surface area contributed by atoms with E-state index in [1.54, 1.807) is 6.07 Å². The van der Waals surface area contributed by atoms with E-state index >= 15 is 0 Å². The molecule has 0 spiro atoms. The van der Waals surface area contributed by atoms with Crippen molar-refractivity contribution in [2.24, 2.45) is 0 Å². The highest BCUT2D eigenvalue weighted by atomic mass is 32.2. The molecule has 0 aliphatic carbocycles. The highest BCUT2D eigenvalue weighted by molar-refractivity contribution is 7.86. The Morgan fingerprint density at radius 3 is 2.04 bits per heavy atom. The predicted molar refractivity (Wildman–Crippen MR) is 100 cm³/mol. The molecule has 2 rings (SSSR count). The first-order valence-electron chi connectivity index (χ1n) is 8.98. The maximum absolute atomic E-state index is 11.9. The van der Waals surface area contributed by atoms with Crippen molar-refractivity contribution in [1.29, 1.82) is 0 Å². The molecule has 132 valence electrons. The van der Waals surface area contributed by atoms with E-state index in [1.165, 1.54) is 6.42 Å². The third-order valence-electron chi connectivity index (χ3n) is 4.46. The Balaban J connectivity index is 2.41. The molecular formula is C20H28O3S. The normalized spacial score (nSPS) is 12.0. The van der Waals surface area contributed by atoms with E-state index in [4.69, 9.17) is 0 Å². The van der Waals surface area contributed by atoms with Gasteiger partial charge in [-0.3, -0.25) is 4.55 Å². The van der Waals surface area contributed by atoms with Gasteiger partial charge in [0.15, 0.2) is 0 Å². The molecule has 0 unspecified atom stereocenters. The van der Waals surface area contributed by atoms with Gasteiger partial charge in [-0.1, -0.05) is 57.7 Å². The molecule has 0 amide bonds. The smallest absolute Gasteiger partial charge is 0.282 e. The summed E-state index contributed by atoms with van der Waals surface area (Å²) >= 11 is 0. The van der Waals surface area contributed by atoms with Crippen molar-refractivity contribution in [2.45, 2.75) is 70.1 Å². The van der Waals surface area contributed by atoms with Gasteiger partial charge in [-0.15, -0.1) is 0 Å². The van der Waals surface area contributed by atoms with E-state index in [0.29, 0.717) is 5.39 Å². The quantitative estimate of drug-likeness (QED) is 0.477. The molecule has 0 saturated carbocycles. The number of unbranched alkanes of at least 4 members (excludes halogenated alkanes) is 4. The molecule has 0 aliphatic heterocycles. The molecule has 2 aromatic carbocycles. The van der Waals surface area contributed by atoms with Crippen molar-refractivity contribution in [3.05, 3.63) is 41.5 Å². The summed E-state index contributed by atoms with van der Waals surface area (Å²) in [6.45, 7) is 4.31. The van der Waals surface area contributed by atoms with Crippen LogP contribution in [0.3, 0.4) is 0 Å². The van der Waals surface area contributed by atoms with E-state index in [1.807, 2.05) is 12.1 Å². The van der Waals surface area contributed by atoms with Gasteiger partial charge in [0, 0.05) is 5.39 Å². The lowest BCUT2D eigenvalue weighted by molar-refractivity contribution is 0.484. The van der Waals surface area contributed by atoms with Crippen LogP contribution < -0.4 is 0 Å². The largest absolute Gasteiger partial charge is 0.295 e. The Kier molecular flexibility index (Phi) is 6.81. The second-order valence-corrected chi connectivity index (χ2v) is 7.93. The maximum Gasteiger partial charge on any atom is 0.295 e. The lowest BCUT2D eigenvalue weighted by Crippen LogP contribution is -2.01. The van der Waals surface area contributed by atoms with E-state index in [9.17, 15) is 13.0 Å². The summed E-state index contributed by atoms with van der Waals surface area (Å²) in [5.41, 5.74) is 2.10. The fraction of sp³-hybridized carbons (Fsp3) is 0.500. The maximum atomic E-state index is 11.9. The van der Waals surface area contributed by atoms with Crippen molar-refractivity contribution in [3.8, 4) is 0 Å². The third kappa shape index (κ3) is 5.05. The van der Waals surface area contributed by atoms with Crippen molar-refractivity contribution in [3.63, 3.8) is 0 Å².